The molecule has 0 spiro atoms. The lowest BCUT2D eigenvalue weighted by molar-refractivity contribution is 0.0973. The molecule has 4 aromatic rings. The number of fused-ring (bicyclic) bond motifs is 2. The van der Waals surface area contributed by atoms with Crippen molar-refractivity contribution in [2.45, 2.75) is 25.8 Å². The second kappa shape index (κ2) is 9.74. The molecule has 0 bridgehead atoms. The fourth-order valence-corrected chi connectivity index (χ4v) is 6.98. The molecule has 2 saturated heterocycles. The van der Waals surface area contributed by atoms with Crippen molar-refractivity contribution in [3.63, 3.8) is 0 Å². The number of morpholine rings is 1. The van der Waals surface area contributed by atoms with Gasteiger partial charge in [0.05, 0.1) is 23.4 Å². The van der Waals surface area contributed by atoms with Crippen molar-refractivity contribution in [1.82, 2.24) is 24.8 Å². The first-order valence-corrected chi connectivity index (χ1v) is 14.3. The van der Waals surface area contributed by atoms with E-state index in [0.717, 1.165) is 80.1 Å². The summed E-state index contributed by atoms with van der Waals surface area (Å²) in [6.07, 6.45) is 6.31. The van der Waals surface area contributed by atoms with Gasteiger partial charge in [-0.2, -0.15) is 0 Å². The molecule has 8 heteroatoms. The van der Waals surface area contributed by atoms with Crippen molar-refractivity contribution in [1.29, 1.82) is 0 Å². The van der Waals surface area contributed by atoms with Gasteiger partial charge >= 0.3 is 0 Å². The zero-order chi connectivity index (χ0) is 23.9. The summed E-state index contributed by atoms with van der Waals surface area (Å²) in [6.45, 7) is 10.3. The molecule has 3 aromatic heterocycles. The molecule has 188 valence electrons. The second-order valence-corrected chi connectivity index (χ2v) is 11.7. The van der Waals surface area contributed by atoms with E-state index in [1.54, 1.807) is 0 Å². The lowest BCUT2D eigenvalue weighted by atomic mass is 9.85. The summed E-state index contributed by atoms with van der Waals surface area (Å²) >= 11 is 1.88. The highest BCUT2D eigenvalue weighted by molar-refractivity contribution is 7.19. The Labute approximate surface area is 216 Å². The number of nitrogens with one attached hydrogen (secondary N) is 1. The average molecular weight is 503 g/mol. The third kappa shape index (κ3) is 4.41. The van der Waals surface area contributed by atoms with Crippen molar-refractivity contribution in [3.05, 3.63) is 41.4 Å². The molecule has 1 aliphatic carbocycles. The van der Waals surface area contributed by atoms with Crippen molar-refractivity contribution < 1.29 is 4.74 Å². The highest BCUT2D eigenvalue weighted by Gasteiger charge is 2.25. The minimum Gasteiger partial charge on any atom is -0.378 e. The molecular formula is C28H34N6OS. The van der Waals surface area contributed by atoms with Crippen LogP contribution in [0, 0.1) is 5.92 Å². The number of piperazine rings is 1. The molecule has 5 heterocycles. The summed E-state index contributed by atoms with van der Waals surface area (Å²) in [5, 5.41) is 1.17. The fourth-order valence-electron chi connectivity index (χ4n) is 5.82. The van der Waals surface area contributed by atoms with Crippen LogP contribution in [0.4, 0.5) is 5.82 Å². The average Bonchev–Trinajstić information content (AvgIpc) is 3.53. The molecule has 7 rings (SSSR count). The first-order valence-electron chi connectivity index (χ1n) is 13.4. The van der Waals surface area contributed by atoms with Crippen LogP contribution in [0.2, 0.25) is 0 Å². The van der Waals surface area contributed by atoms with E-state index in [4.69, 9.17) is 14.7 Å². The van der Waals surface area contributed by atoms with Crippen LogP contribution in [0.25, 0.3) is 32.5 Å². The quantitative estimate of drug-likeness (QED) is 0.416. The predicted octanol–water partition coefficient (Wildman–Crippen LogP) is 4.59. The normalized spacial score (nSPS) is 20.4. The van der Waals surface area contributed by atoms with Gasteiger partial charge in [0, 0.05) is 79.9 Å². The number of anilines is 1. The SMILES string of the molecule is c1cc(-c2nc(N3CCOCC3)c3sc(CN4CCN(CC5CCC5)CC4)cc3n2)c2cc[nH]c2c1. The number of rotatable bonds is 6. The molecule has 3 fully saturated rings. The van der Waals surface area contributed by atoms with Gasteiger partial charge in [-0.3, -0.25) is 4.90 Å². The molecule has 2 aliphatic heterocycles. The summed E-state index contributed by atoms with van der Waals surface area (Å²) < 4.78 is 6.86. The molecule has 0 radical (unpaired) electrons. The number of H-pyrrole nitrogens is 1. The topological polar surface area (TPSA) is 60.5 Å². The van der Waals surface area contributed by atoms with Crippen LogP contribution in [0.3, 0.4) is 0 Å². The van der Waals surface area contributed by atoms with Crippen LogP contribution >= 0.6 is 11.3 Å². The van der Waals surface area contributed by atoms with E-state index in [2.05, 4.69) is 50.0 Å². The number of nitrogens with zero attached hydrogens (tertiary/aromatic N) is 5. The Hall–Kier alpha value is -2.52. The molecule has 0 unspecified atom stereocenters. The number of benzene rings is 1. The number of thiophene rings is 1. The van der Waals surface area contributed by atoms with Gasteiger partial charge in [0.1, 0.15) is 0 Å². The lowest BCUT2D eigenvalue weighted by Gasteiger charge is -2.38. The second-order valence-electron chi connectivity index (χ2n) is 10.5. The molecule has 3 aliphatic rings. The van der Waals surface area contributed by atoms with Crippen LogP contribution in [0.15, 0.2) is 36.5 Å². The first-order chi connectivity index (χ1) is 17.8. The number of aromatic amines is 1. The van der Waals surface area contributed by atoms with Gasteiger partial charge in [-0.25, -0.2) is 9.97 Å². The van der Waals surface area contributed by atoms with Crippen LogP contribution < -0.4 is 4.90 Å². The monoisotopic (exact) mass is 502 g/mol. The fraction of sp³-hybridized carbons (Fsp3) is 0.500. The van der Waals surface area contributed by atoms with Crippen molar-refractivity contribution >= 4 is 38.3 Å². The third-order valence-corrected chi connectivity index (χ3v) is 9.24. The summed E-state index contributed by atoms with van der Waals surface area (Å²) in [4.78, 5) is 22.7. The van der Waals surface area contributed by atoms with Gasteiger partial charge in [0.2, 0.25) is 0 Å². The maximum Gasteiger partial charge on any atom is 0.162 e. The van der Waals surface area contributed by atoms with E-state index in [9.17, 15) is 0 Å². The molecule has 0 amide bonds. The van der Waals surface area contributed by atoms with Gasteiger partial charge in [-0.05, 0) is 37.0 Å². The predicted molar refractivity (Wildman–Crippen MR) is 147 cm³/mol. The van der Waals surface area contributed by atoms with Crippen LogP contribution in [0.1, 0.15) is 24.1 Å². The third-order valence-electron chi connectivity index (χ3n) is 8.14. The molecule has 7 nitrogen and oxygen atoms in total. The van der Waals surface area contributed by atoms with E-state index >= 15 is 0 Å². The summed E-state index contributed by atoms with van der Waals surface area (Å²) in [7, 11) is 0. The van der Waals surface area contributed by atoms with Crippen LogP contribution in [-0.4, -0.2) is 83.8 Å². The van der Waals surface area contributed by atoms with E-state index in [-0.39, 0.29) is 0 Å². The molecular weight excluding hydrogens is 468 g/mol. The molecule has 1 N–H and O–H groups in total. The van der Waals surface area contributed by atoms with Crippen LogP contribution in [0.5, 0.6) is 0 Å². The highest BCUT2D eigenvalue weighted by atomic mass is 32.1. The Balaban J connectivity index is 1.18. The van der Waals surface area contributed by atoms with Gasteiger partial charge in [-0.15, -0.1) is 11.3 Å². The number of aromatic nitrogens is 3. The maximum atomic E-state index is 5.65. The minimum absolute atomic E-state index is 0.748. The van der Waals surface area contributed by atoms with E-state index < -0.39 is 0 Å². The number of ether oxygens (including phenoxy) is 1. The molecule has 1 aromatic carbocycles. The highest BCUT2D eigenvalue weighted by Crippen LogP contribution is 2.36. The summed E-state index contributed by atoms with van der Waals surface area (Å²) in [5.74, 6) is 2.83. The first kappa shape index (κ1) is 22.7. The van der Waals surface area contributed by atoms with Crippen molar-refractivity contribution in [2.75, 3.05) is 63.9 Å². The maximum absolute atomic E-state index is 5.65. The largest absolute Gasteiger partial charge is 0.378 e. The number of hydrogen-bond acceptors (Lipinski definition) is 7. The Bertz CT molecular complexity index is 1350. The van der Waals surface area contributed by atoms with Crippen LogP contribution in [-0.2, 0) is 11.3 Å². The Kier molecular flexibility index (Phi) is 6.13. The Morgan fingerprint density at radius 3 is 2.61 bits per heavy atom. The zero-order valence-corrected chi connectivity index (χ0v) is 21.6. The van der Waals surface area contributed by atoms with E-state index in [1.165, 1.54) is 53.9 Å². The van der Waals surface area contributed by atoms with Gasteiger partial charge in [-0.1, -0.05) is 18.6 Å². The van der Waals surface area contributed by atoms with Crippen molar-refractivity contribution in [2.24, 2.45) is 5.92 Å². The number of hydrogen-bond donors (Lipinski definition) is 1. The van der Waals surface area contributed by atoms with Gasteiger partial charge in [0.25, 0.3) is 0 Å². The summed E-state index contributed by atoms with van der Waals surface area (Å²) in [6, 6.07) is 10.8. The van der Waals surface area contributed by atoms with E-state index in [0.29, 0.717) is 0 Å². The molecule has 1 saturated carbocycles. The van der Waals surface area contributed by atoms with E-state index in [1.807, 2.05) is 17.5 Å². The lowest BCUT2D eigenvalue weighted by Crippen LogP contribution is -2.47. The summed E-state index contributed by atoms with van der Waals surface area (Å²) in [5.41, 5.74) is 3.27. The Morgan fingerprint density at radius 2 is 1.81 bits per heavy atom. The van der Waals surface area contributed by atoms with Crippen molar-refractivity contribution in [3.8, 4) is 11.4 Å². The van der Waals surface area contributed by atoms with Gasteiger partial charge < -0.3 is 19.5 Å². The minimum atomic E-state index is 0.748. The molecule has 0 atom stereocenters. The standard InChI is InChI=1S/C28H34N6OS/c1-3-20(4-1)18-32-9-11-33(12-10-32)19-21-17-25-26(36-21)28(34-13-15-35-16-14-34)31-27(30-25)23-5-2-6-24-22(23)7-8-29-24/h2,5-8,17,20,29H,1,3-4,9-16,18-19H2. The smallest absolute Gasteiger partial charge is 0.162 e. The Morgan fingerprint density at radius 1 is 0.972 bits per heavy atom. The van der Waals surface area contributed by atoms with Gasteiger partial charge in [0.15, 0.2) is 11.6 Å². The zero-order valence-electron chi connectivity index (χ0n) is 20.8. The molecule has 36 heavy (non-hydrogen) atoms.